The molecule has 0 bridgehead atoms. The maximum absolute atomic E-state index is 10.7. The number of aliphatic imine (C=N–C) groups is 2. The van der Waals surface area contributed by atoms with Gasteiger partial charge in [-0.25, -0.2) is 4.99 Å². The second kappa shape index (κ2) is 6.55. The Hall–Kier alpha value is -2.57. The standard InChI is InChI=1S/C19H23N6O2/c1-14(2)24-9-7-19(26,8-10-24)6-5-15-13-25(20)17(12-21-15)22-18(23-25)16-4-3-11-27-16/h3-4,11-14,26H,7-10,20H2,1-2H3/q+1. The second-order valence-corrected chi connectivity index (χ2v) is 7.29. The molecule has 4 heterocycles. The molecule has 140 valence electrons. The molecule has 27 heavy (non-hydrogen) atoms. The average Bonchev–Trinajstić information content (AvgIpc) is 3.27. The van der Waals surface area contributed by atoms with Gasteiger partial charge < -0.3 is 14.4 Å². The normalized spacial score (nSPS) is 26.8. The molecule has 0 aromatic carbocycles. The third-order valence-electron chi connectivity index (χ3n) is 5.01. The predicted octanol–water partition coefficient (Wildman–Crippen LogP) is 1.21. The van der Waals surface area contributed by atoms with E-state index in [0.717, 1.165) is 13.1 Å². The summed E-state index contributed by atoms with van der Waals surface area (Å²) in [6.45, 7) is 5.98. The molecule has 1 aromatic heterocycles. The Labute approximate surface area is 157 Å². The van der Waals surface area contributed by atoms with Crippen LogP contribution in [0.1, 0.15) is 32.4 Å². The molecule has 1 unspecified atom stereocenters. The lowest BCUT2D eigenvalue weighted by molar-refractivity contribution is -0.803. The van der Waals surface area contributed by atoms with Crippen LogP contribution in [0.3, 0.4) is 0 Å². The molecule has 0 spiro atoms. The van der Waals surface area contributed by atoms with E-state index in [1.807, 2.05) is 0 Å². The molecule has 0 amide bonds. The molecule has 1 fully saturated rings. The van der Waals surface area contributed by atoms with Gasteiger partial charge in [0.2, 0.25) is 0 Å². The average molecular weight is 367 g/mol. The lowest BCUT2D eigenvalue weighted by atomic mass is 9.91. The van der Waals surface area contributed by atoms with Gasteiger partial charge in [0.05, 0.1) is 6.26 Å². The lowest BCUT2D eigenvalue weighted by Crippen LogP contribution is -2.50. The number of amidine groups is 2. The third kappa shape index (κ3) is 3.50. The van der Waals surface area contributed by atoms with E-state index in [1.165, 1.54) is 0 Å². The van der Waals surface area contributed by atoms with Gasteiger partial charge in [-0.1, -0.05) is 5.92 Å². The number of likely N-dealkylation sites (tertiary alicyclic amines) is 1. The zero-order chi connectivity index (χ0) is 19.1. The summed E-state index contributed by atoms with van der Waals surface area (Å²) in [5.74, 6) is 13.7. The monoisotopic (exact) mass is 367 g/mol. The van der Waals surface area contributed by atoms with Crippen LogP contribution in [0, 0.1) is 11.8 Å². The quantitative estimate of drug-likeness (QED) is 0.466. The van der Waals surface area contributed by atoms with E-state index in [1.54, 1.807) is 30.8 Å². The van der Waals surface area contributed by atoms with Crippen molar-refractivity contribution >= 4 is 17.9 Å². The zero-order valence-electron chi connectivity index (χ0n) is 15.5. The second-order valence-electron chi connectivity index (χ2n) is 7.29. The van der Waals surface area contributed by atoms with E-state index >= 15 is 0 Å². The van der Waals surface area contributed by atoms with Crippen LogP contribution in [0.4, 0.5) is 0 Å². The van der Waals surface area contributed by atoms with E-state index in [-0.39, 0.29) is 4.70 Å². The first-order valence-electron chi connectivity index (χ1n) is 9.04. The van der Waals surface area contributed by atoms with Crippen molar-refractivity contribution in [2.75, 3.05) is 13.1 Å². The molecule has 3 N–H and O–H groups in total. The molecule has 1 saturated heterocycles. The Balaban J connectivity index is 1.52. The number of piperidine rings is 1. The van der Waals surface area contributed by atoms with E-state index in [2.05, 4.69) is 45.7 Å². The van der Waals surface area contributed by atoms with Gasteiger partial charge in [-0.05, 0) is 41.7 Å². The summed E-state index contributed by atoms with van der Waals surface area (Å²) in [5, 5.41) is 15.1. The number of furan rings is 1. The van der Waals surface area contributed by atoms with Gasteiger partial charge in [-0.15, -0.1) is 5.84 Å². The molecule has 4 rings (SSSR count). The first kappa shape index (κ1) is 17.8. The van der Waals surface area contributed by atoms with Crippen LogP contribution in [0.2, 0.25) is 0 Å². The number of allylic oxidation sites excluding steroid dienone is 1. The summed E-state index contributed by atoms with van der Waals surface area (Å²) in [7, 11) is 0. The van der Waals surface area contributed by atoms with Crippen LogP contribution in [0.5, 0.6) is 0 Å². The Morgan fingerprint density at radius 1 is 1.37 bits per heavy atom. The molecule has 8 nitrogen and oxygen atoms in total. The van der Waals surface area contributed by atoms with E-state index in [0.29, 0.717) is 42.0 Å². The largest absolute Gasteiger partial charge is 0.461 e. The summed E-state index contributed by atoms with van der Waals surface area (Å²) in [6, 6.07) is 4.01. The molecule has 1 atom stereocenters. The van der Waals surface area contributed by atoms with Gasteiger partial charge in [0, 0.05) is 32.0 Å². The minimum absolute atomic E-state index is 0.358. The number of aliphatic hydroxyl groups is 1. The van der Waals surface area contributed by atoms with Gasteiger partial charge in [-0.2, -0.15) is 4.99 Å². The van der Waals surface area contributed by atoms with Crippen molar-refractivity contribution in [1.29, 1.82) is 0 Å². The minimum Gasteiger partial charge on any atom is -0.461 e. The first-order chi connectivity index (χ1) is 12.9. The fourth-order valence-corrected chi connectivity index (χ4v) is 3.27. The van der Waals surface area contributed by atoms with E-state index in [9.17, 15) is 5.11 Å². The highest BCUT2D eigenvalue weighted by Gasteiger charge is 2.40. The van der Waals surface area contributed by atoms with Crippen LogP contribution in [0.15, 0.2) is 49.8 Å². The predicted molar refractivity (Wildman–Crippen MR) is 102 cm³/mol. The lowest BCUT2D eigenvalue weighted by Gasteiger charge is -2.37. The highest BCUT2D eigenvalue weighted by molar-refractivity contribution is 6.31. The van der Waals surface area contributed by atoms with Crippen LogP contribution in [-0.2, 0) is 0 Å². The summed E-state index contributed by atoms with van der Waals surface area (Å²) in [5.41, 5.74) is -0.538. The molecule has 8 heteroatoms. The molecule has 1 aromatic rings. The Bertz CT molecular complexity index is 908. The highest BCUT2D eigenvalue weighted by atomic mass is 16.3. The van der Waals surface area contributed by atoms with Gasteiger partial charge in [-0.3, -0.25) is 0 Å². The molecule has 0 aliphatic carbocycles. The van der Waals surface area contributed by atoms with Crippen molar-refractivity contribution in [1.82, 2.24) is 4.90 Å². The fourth-order valence-electron chi connectivity index (χ4n) is 3.27. The van der Waals surface area contributed by atoms with Crippen LogP contribution in [-0.4, -0.2) is 57.3 Å². The molecule has 0 saturated carbocycles. The first-order valence-corrected chi connectivity index (χ1v) is 9.04. The molecule has 3 aliphatic rings. The van der Waals surface area contributed by atoms with Crippen LogP contribution in [0.25, 0.3) is 0 Å². The summed E-state index contributed by atoms with van der Waals surface area (Å²) < 4.78 is 4.97. The smallest absolute Gasteiger partial charge is 0.300 e. The van der Waals surface area contributed by atoms with Crippen molar-refractivity contribution in [3.8, 4) is 11.8 Å². The maximum Gasteiger partial charge on any atom is 0.300 e. The summed E-state index contributed by atoms with van der Waals surface area (Å²) >= 11 is 0. The van der Waals surface area contributed by atoms with Crippen LogP contribution < -0.4 is 5.84 Å². The van der Waals surface area contributed by atoms with Gasteiger partial charge >= 0.3 is 0 Å². The Kier molecular flexibility index (Phi) is 4.32. The van der Waals surface area contributed by atoms with E-state index < -0.39 is 5.60 Å². The molecular weight excluding hydrogens is 344 g/mol. The van der Waals surface area contributed by atoms with Gasteiger partial charge in [0.15, 0.2) is 17.7 Å². The maximum atomic E-state index is 10.7. The number of quaternary nitrogens is 1. The van der Waals surface area contributed by atoms with Gasteiger partial charge in [0.25, 0.3) is 11.7 Å². The van der Waals surface area contributed by atoms with Crippen molar-refractivity contribution < 1.29 is 14.2 Å². The number of hydrogen-bond acceptors (Lipinski definition) is 7. The van der Waals surface area contributed by atoms with Crippen LogP contribution >= 0.6 is 0 Å². The molecule has 3 aliphatic heterocycles. The van der Waals surface area contributed by atoms with Crippen molar-refractivity contribution in [3.05, 3.63) is 36.1 Å². The third-order valence-corrected chi connectivity index (χ3v) is 5.01. The van der Waals surface area contributed by atoms with Crippen molar-refractivity contribution in [2.45, 2.75) is 38.3 Å². The highest BCUT2D eigenvalue weighted by Crippen LogP contribution is 2.24. The number of nitrogens with zero attached hydrogens (tertiary/aromatic N) is 5. The van der Waals surface area contributed by atoms with Crippen molar-refractivity contribution in [2.24, 2.45) is 20.9 Å². The number of hydrogen-bond donors (Lipinski definition) is 2. The topological polar surface area (TPSA) is 99.7 Å². The fraction of sp³-hybridized carbons (Fsp3) is 0.421. The Morgan fingerprint density at radius 2 is 2.15 bits per heavy atom. The zero-order valence-corrected chi connectivity index (χ0v) is 15.5. The molecule has 0 radical (unpaired) electrons. The van der Waals surface area contributed by atoms with Crippen molar-refractivity contribution in [3.63, 3.8) is 0 Å². The summed E-state index contributed by atoms with van der Waals surface area (Å²) in [4.78, 5) is 11.0. The number of fused-ring (bicyclic) bond motifs is 1. The molecular formula is C19H23N6O2+. The minimum atomic E-state index is -0.997. The Morgan fingerprint density at radius 3 is 2.81 bits per heavy atom. The number of rotatable bonds is 2. The SMILES string of the molecule is CC(C)N1CCC(O)(C#CC2=C[N+]3(N)N=C(c4ccco4)N=C3C=N2)CC1. The number of nitrogens with two attached hydrogens (primary N) is 1. The summed E-state index contributed by atoms with van der Waals surface area (Å²) in [6.07, 6.45) is 5.96. The van der Waals surface area contributed by atoms with Gasteiger partial charge in [0.1, 0.15) is 11.8 Å². The van der Waals surface area contributed by atoms with E-state index in [4.69, 9.17) is 10.3 Å².